The maximum atomic E-state index is 13.0. The molecule has 1 fully saturated rings. The van der Waals surface area contributed by atoms with E-state index >= 15 is 0 Å². The lowest BCUT2D eigenvalue weighted by molar-refractivity contribution is -0.137. The second-order valence-corrected chi connectivity index (χ2v) is 7.93. The van der Waals surface area contributed by atoms with Crippen LogP contribution in [-0.2, 0) is 17.5 Å². The molecular weight excluding hydrogens is 375 g/mol. The van der Waals surface area contributed by atoms with Gasteiger partial charge in [0, 0.05) is 11.4 Å². The summed E-state index contributed by atoms with van der Waals surface area (Å²) in [6, 6.07) is 2.75. The zero-order valence-corrected chi connectivity index (χ0v) is 15.8. The van der Waals surface area contributed by atoms with Crippen molar-refractivity contribution < 1.29 is 23.1 Å². The SMILES string of the molecule is CC(C)c1nn(CC(=O)N[C@H]2C[C@@](C)(O)C2)c(=O)c2ccc(C(F)(F)F)cc12. The van der Waals surface area contributed by atoms with Gasteiger partial charge in [-0.25, -0.2) is 4.68 Å². The normalized spacial score (nSPS) is 22.4. The summed E-state index contributed by atoms with van der Waals surface area (Å²) in [5.74, 6) is -0.682. The summed E-state index contributed by atoms with van der Waals surface area (Å²) in [6.45, 7) is 4.85. The van der Waals surface area contributed by atoms with E-state index in [1.807, 2.05) is 0 Å². The number of rotatable bonds is 4. The third-order valence-corrected chi connectivity index (χ3v) is 4.89. The molecule has 1 heterocycles. The van der Waals surface area contributed by atoms with Crippen LogP contribution in [0.5, 0.6) is 0 Å². The molecule has 6 nitrogen and oxygen atoms in total. The Morgan fingerprint density at radius 2 is 2.00 bits per heavy atom. The molecule has 0 radical (unpaired) electrons. The van der Waals surface area contributed by atoms with Crippen LogP contribution in [0.15, 0.2) is 23.0 Å². The molecule has 9 heteroatoms. The first kappa shape index (κ1) is 20.3. The molecule has 3 rings (SSSR count). The van der Waals surface area contributed by atoms with Crippen molar-refractivity contribution in [2.45, 2.75) is 63.9 Å². The number of nitrogens with zero attached hydrogens (tertiary/aromatic N) is 2. The number of benzene rings is 1. The van der Waals surface area contributed by atoms with Crippen molar-refractivity contribution in [3.8, 4) is 0 Å². The molecule has 1 amide bonds. The predicted molar refractivity (Wildman–Crippen MR) is 96.9 cm³/mol. The first-order chi connectivity index (χ1) is 12.9. The van der Waals surface area contributed by atoms with Crippen molar-refractivity contribution in [2.75, 3.05) is 0 Å². The van der Waals surface area contributed by atoms with E-state index < -0.39 is 28.8 Å². The van der Waals surface area contributed by atoms with E-state index in [0.29, 0.717) is 18.5 Å². The van der Waals surface area contributed by atoms with Crippen LogP contribution in [0.3, 0.4) is 0 Å². The quantitative estimate of drug-likeness (QED) is 0.831. The molecule has 0 bridgehead atoms. The molecule has 0 unspecified atom stereocenters. The number of carbonyl (C=O) groups is 1. The van der Waals surface area contributed by atoms with Crippen molar-refractivity contribution in [1.29, 1.82) is 0 Å². The minimum absolute atomic E-state index is 0.0890. The van der Waals surface area contributed by atoms with E-state index in [1.54, 1.807) is 20.8 Å². The van der Waals surface area contributed by atoms with E-state index in [9.17, 15) is 27.9 Å². The predicted octanol–water partition coefficient (Wildman–Crippen LogP) is 2.57. The lowest BCUT2D eigenvalue weighted by Gasteiger charge is -2.41. The number of aromatic nitrogens is 2. The van der Waals surface area contributed by atoms with Gasteiger partial charge in [0.1, 0.15) is 6.54 Å². The van der Waals surface area contributed by atoms with E-state index in [2.05, 4.69) is 10.4 Å². The highest BCUT2D eigenvalue weighted by Crippen LogP contribution is 2.33. The van der Waals surface area contributed by atoms with Crippen LogP contribution in [-0.4, -0.2) is 32.4 Å². The van der Waals surface area contributed by atoms with E-state index in [0.717, 1.165) is 22.9 Å². The van der Waals surface area contributed by atoms with Crippen LogP contribution < -0.4 is 10.9 Å². The third-order valence-electron chi connectivity index (χ3n) is 4.89. The van der Waals surface area contributed by atoms with Crippen LogP contribution in [0, 0.1) is 0 Å². The van der Waals surface area contributed by atoms with Gasteiger partial charge < -0.3 is 10.4 Å². The number of alkyl halides is 3. The van der Waals surface area contributed by atoms with Crippen LogP contribution in [0.4, 0.5) is 13.2 Å². The van der Waals surface area contributed by atoms with Gasteiger partial charge in [0.2, 0.25) is 5.91 Å². The summed E-state index contributed by atoms with van der Waals surface area (Å²) in [5.41, 5.74) is -1.95. The van der Waals surface area contributed by atoms with Gasteiger partial charge in [0.05, 0.1) is 22.2 Å². The number of halogens is 3. The lowest BCUT2D eigenvalue weighted by atomic mass is 9.77. The van der Waals surface area contributed by atoms with E-state index in [-0.39, 0.29) is 29.3 Å². The fourth-order valence-corrected chi connectivity index (χ4v) is 3.53. The number of aliphatic hydroxyl groups is 1. The van der Waals surface area contributed by atoms with Crippen LogP contribution >= 0.6 is 0 Å². The Morgan fingerprint density at radius 1 is 1.36 bits per heavy atom. The van der Waals surface area contributed by atoms with Gasteiger partial charge >= 0.3 is 6.18 Å². The zero-order chi connectivity index (χ0) is 20.9. The molecule has 1 aromatic heterocycles. The molecule has 0 atom stereocenters. The summed E-state index contributed by atoms with van der Waals surface area (Å²) in [7, 11) is 0. The molecular formula is C19H22F3N3O3. The fourth-order valence-electron chi connectivity index (χ4n) is 3.53. The van der Waals surface area contributed by atoms with E-state index in [4.69, 9.17) is 0 Å². The van der Waals surface area contributed by atoms with Crippen molar-refractivity contribution in [3.63, 3.8) is 0 Å². The number of amides is 1. The molecule has 1 aliphatic carbocycles. The van der Waals surface area contributed by atoms with Crippen molar-refractivity contribution >= 4 is 16.7 Å². The summed E-state index contributed by atoms with van der Waals surface area (Å²) in [6.07, 6.45) is -3.67. The Morgan fingerprint density at radius 3 is 2.54 bits per heavy atom. The minimum atomic E-state index is -4.53. The average Bonchev–Trinajstić information content (AvgIpc) is 2.54. The summed E-state index contributed by atoms with van der Waals surface area (Å²) in [5, 5.41) is 16.9. The lowest BCUT2D eigenvalue weighted by Crippen LogP contribution is -2.54. The molecule has 2 N–H and O–H groups in total. The first-order valence-corrected chi connectivity index (χ1v) is 9.01. The fraction of sp³-hybridized carbons (Fsp3) is 0.526. The van der Waals surface area contributed by atoms with E-state index in [1.165, 1.54) is 0 Å². The zero-order valence-electron chi connectivity index (χ0n) is 15.8. The molecule has 0 saturated heterocycles. The molecule has 1 aromatic carbocycles. The van der Waals surface area contributed by atoms with Gasteiger partial charge in [-0.15, -0.1) is 0 Å². The number of carbonyl (C=O) groups excluding carboxylic acids is 1. The first-order valence-electron chi connectivity index (χ1n) is 9.01. The highest BCUT2D eigenvalue weighted by atomic mass is 19.4. The highest BCUT2D eigenvalue weighted by molar-refractivity contribution is 5.85. The Bertz CT molecular complexity index is 972. The summed E-state index contributed by atoms with van der Waals surface area (Å²) >= 11 is 0. The Balaban J connectivity index is 1.94. The molecule has 2 aromatic rings. The molecule has 1 saturated carbocycles. The maximum Gasteiger partial charge on any atom is 0.416 e. The summed E-state index contributed by atoms with van der Waals surface area (Å²) in [4.78, 5) is 24.9. The van der Waals surface area contributed by atoms with Crippen LogP contribution in [0.1, 0.15) is 50.8 Å². The van der Waals surface area contributed by atoms with Crippen LogP contribution in [0.2, 0.25) is 0 Å². The number of nitrogens with one attached hydrogen (secondary N) is 1. The largest absolute Gasteiger partial charge is 0.416 e. The van der Waals surface area contributed by atoms with Gasteiger partial charge in [0.15, 0.2) is 0 Å². The van der Waals surface area contributed by atoms with Gasteiger partial charge in [-0.2, -0.15) is 18.3 Å². The summed E-state index contributed by atoms with van der Waals surface area (Å²) < 4.78 is 40.1. The second-order valence-electron chi connectivity index (χ2n) is 7.93. The maximum absolute atomic E-state index is 13.0. The second kappa shape index (κ2) is 6.88. The number of hydrogen-bond donors (Lipinski definition) is 2. The Kier molecular flexibility index (Phi) is 4.99. The monoisotopic (exact) mass is 397 g/mol. The minimum Gasteiger partial charge on any atom is -0.390 e. The third kappa shape index (κ3) is 4.04. The molecule has 152 valence electrons. The molecule has 28 heavy (non-hydrogen) atoms. The van der Waals surface area contributed by atoms with Gasteiger partial charge in [-0.1, -0.05) is 13.8 Å². The smallest absolute Gasteiger partial charge is 0.390 e. The van der Waals surface area contributed by atoms with Crippen molar-refractivity contribution in [2.24, 2.45) is 0 Å². The van der Waals surface area contributed by atoms with Gasteiger partial charge in [-0.05, 0) is 43.9 Å². The molecule has 0 spiro atoms. The molecule has 0 aliphatic heterocycles. The topological polar surface area (TPSA) is 84.2 Å². The number of hydrogen-bond acceptors (Lipinski definition) is 4. The van der Waals surface area contributed by atoms with Crippen molar-refractivity contribution in [1.82, 2.24) is 15.1 Å². The van der Waals surface area contributed by atoms with Gasteiger partial charge in [-0.3, -0.25) is 9.59 Å². The van der Waals surface area contributed by atoms with Crippen molar-refractivity contribution in [3.05, 3.63) is 39.8 Å². The Labute approximate surface area is 159 Å². The van der Waals surface area contributed by atoms with Gasteiger partial charge in [0.25, 0.3) is 5.56 Å². The number of fused-ring (bicyclic) bond motifs is 1. The average molecular weight is 397 g/mol. The Hall–Kier alpha value is -2.42. The standard InChI is InChI=1S/C19H22F3N3O3/c1-10(2)16-14-6-11(19(20,21)22)4-5-13(14)17(27)25(24-16)9-15(26)23-12-7-18(3,28)8-12/h4-6,10,12,28H,7-9H2,1-3H3,(H,23,26)/t12-,18+. The molecule has 1 aliphatic rings. The van der Waals surface area contributed by atoms with Crippen LogP contribution in [0.25, 0.3) is 10.8 Å². The highest BCUT2D eigenvalue weighted by Gasteiger charge is 2.39.